The molecule has 0 bridgehead atoms. The van der Waals surface area contributed by atoms with Crippen LogP contribution in [0.2, 0.25) is 0 Å². The Morgan fingerprint density at radius 1 is 1.18 bits per heavy atom. The largest absolute Gasteiger partial charge is 0.341 e. The number of rotatable bonds is 2. The Bertz CT molecular complexity index is 471. The summed E-state index contributed by atoms with van der Waals surface area (Å²) in [5, 5.41) is 3.49. The van der Waals surface area contributed by atoms with Gasteiger partial charge in [0.15, 0.2) is 0 Å². The van der Waals surface area contributed by atoms with Crippen LogP contribution in [0, 0.1) is 0 Å². The number of hydrogen-bond donors (Lipinski definition) is 2. The molecule has 2 aromatic rings. The summed E-state index contributed by atoms with van der Waals surface area (Å²) in [4.78, 5) is 11.9. The molecule has 17 heavy (non-hydrogen) atoms. The second kappa shape index (κ2) is 4.67. The predicted molar refractivity (Wildman–Crippen MR) is 66.4 cm³/mol. The molecule has 0 saturated carbocycles. The van der Waals surface area contributed by atoms with E-state index < -0.39 is 0 Å². The van der Waals surface area contributed by atoms with Gasteiger partial charge >= 0.3 is 0 Å². The first-order valence-corrected chi connectivity index (χ1v) is 6.12. The van der Waals surface area contributed by atoms with Crippen molar-refractivity contribution in [3.63, 3.8) is 0 Å². The highest BCUT2D eigenvalue weighted by Gasteiger charge is 2.17. The fourth-order valence-corrected chi connectivity index (χ4v) is 2.28. The van der Waals surface area contributed by atoms with E-state index >= 15 is 0 Å². The van der Waals surface area contributed by atoms with Gasteiger partial charge in [-0.15, -0.1) is 0 Å². The molecule has 0 radical (unpaired) electrons. The zero-order valence-electron chi connectivity index (χ0n) is 9.69. The van der Waals surface area contributed by atoms with Crippen molar-refractivity contribution in [1.82, 2.24) is 20.3 Å². The molecule has 88 valence electrons. The normalized spacial score (nSPS) is 20.4. The van der Waals surface area contributed by atoms with Crippen LogP contribution in [0.3, 0.4) is 0 Å². The van der Waals surface area contributed by atoms with Gasteiger partial charge in [-0.1, -0.05) is 6.42 Å². The fourth-order valence-electron chi connectivity index (χ4n) is 2.28. The molecule has 3 heterocycles. The Morgan fingerprint density at radius 3 is 2.82 bits per heavy atom. The summed E-state index contributed by atoms with van der Waals surface area (Å²) in [6.07, 6.45) is 9.23. The number of H-pyrrole nitrogens is 1. The Balaban J connectivity index is 1.83. The summed E-state index contributed by atoms with van der Waals surface area (Å²) in [5.41, 5.74) is 2.20. The Morgan fingerprint density at radius 2 is 2.06 bits per heavy atom. The molecule has 2 aromatic heterocycles. The van der Waals surface area contributed by atoms with E-state index in [0.717, 1.165) is 23.6 Å². The van der Waals surface area contributed by atoms with E-state index in [1.54, 1.807) is 12.4 Å². The second-order valence-electron chi connectivity index (χ2n) is 4.42. The molecular formula is C13H16N4. The van der Waals surface area contributed by atoms with Crippen molar-refractivity contribution in [2.75, 3.05) is 6.54 Å². The van der Waals surface area contributed by atoms with Gasteiger partial charge in [-0.2, -0.15) is 0 Å². The third kappa shape index (κ3) is 2.22. The lowest BCUT2D eigenvalue weighted by Crippen LogP contribution is -2.27. The first-order valence-electron chi connectivity index (χ1n) is 6.12. The maximum absolute atomic E-state index is 4.48. The van der Waals surface area contributed by atoms with Crippen molar-refractivity contribution < 1.29 is 0 Å². The summed E-state index contributed by atoms with van der Waals surface area (Å²) in [5.74, 6) is 1.05. The van der Waals surface area contributed by atoms with E-state index in [2.05, 4.69) is 20.3 Å². The van der Waals surface area contributed by atoms with Gasteiger partial charge < -0.3 is 10.3 Å². The molecule has 0 spiro atoms. The SMILES string of the molecule is c1cc(-c2cnc(C3CCCCN3)[nH]2)ccn1. The summed E-state index contributed by atoms with van der Waals surface area (Å²) < 4.78 is 0. The summed E-state index contributed by atoms with van der Waals surface area (Å²) in [6.45, 7) is 1.09. The maximum atomic E-state index is 4.48. The Labute approximate surface area is 101 Å². The number of aromatic nitrogens is 3. The molecule has 4 nitrogen and oxygen atoms in total. The van der Waals surface area contributed by atoms with Crippen molar-refractivity contribution in [2.24, 2.45) is 0 Å². The van der Waals surface area contributed by atoms with E-state index in [0.29, 0.717) is 6.04 Å². The third-order valence-corrected chi connectivity index (χ3v) is 3.23. The maximum Gasteiger partial charge on any atom is 0.123 e. The molecule has 1 fully saturated rings. The molecule has 0 aliphatic carbocycles. The highest BCUT2D eigenvalue weighted by molar-refractivity contribution is 5.57. The fraction of sp³-hybridized carbons (Fsp3) is 0.385. The quantitative estimate of drug-likeness (QED) is 0.829. The number of nitrogens with one attached hydrogen (secondary N) is 2. The lowest BCUT2D eigenvalue weighted by Gasteiger charge is -2.21. The molecule has 1 aliphatic rings. The van der Waals surface area contributed by atoms with Crippen LogP contribution in [0.4, 0.5) is 0 Å². The molecule has 1 aliphatic heterocycles. The molecule has 1 atom stereocenters. The van der Waals surface area contributed by atoms with Crippen molar-refractivity contribution in [3.05, 3.63) is 36.5 Å². The topological polar surface area (TPSA) is 53.6 Å². The van der Waals surface area contributed by atoms with Crippen LogP contribution >= 0.6 is 0 Å². The van der Waals surface area contributed by atoms with Gasteiger partial charge in [0.2, 0.25) is 0 Å². The first kappa shape index (κ1) is 10.5. The van der Waals surface area contributed by atoms with Crippen molar-refractivity contribution in [2.45, 2.75) is 25.3 Å². The average Bonchev–Trinajstić information content (AvgIpc) is 2.90. The highest BCUT2D eigenvalue weighted by Crippen LogP contribution is 2.23. The summed E-state index contributed by atoms with van der Waals surface area (Å²) in [7, 11) is 0. The number of nitrogens with zero attached hydrogens (tertiary/aromatic N) is 2. The number of pyridine rings is 1. The van der Waals surface area contributed by atoms with Gasteiger partial charge in [0, 0.05) is 18.0 Å². The molecule has 1 saturated heterocycles. The van der Waals surface area contributed by atoms with E-state index in [4.69, 9.17) is 0 Å². The van der Waals surface area contributed by atoms with Crippen molar-refractivity contribution in [1.29, 1.82) is 0 Å². The minimum absolute atomic E-state index is 0.388. The number of imidazole rings is 1. The van der Waals surface area contributed by atoms with Crippen LogP contribution in [0.1, 0.15) is 31.1 Å². The molecule has 3 rings (SSSR count). The van der Waals surface area contributed by atoms with Gasteiger partial charge in [0.25, 0.3) is 0 Å². The minimum atomic E-state index is 0.388. The number of piperidine rings is 1. The average molecular weight is 228 g/mol. The molecular weight excluding hydrogens is 212 g/mol. The lowest BCUT2D eigenvalue weighted by atomic mass is 10.0. The zero-order chi connectivity index (χ0) is 11.5. The lowest BCUT2D eigenvalue weighted by molar-refractivity contribution is 0.399. The van der Waals surface area contributed by atoms with Gasteiger partial charge in [0.05, 0.1) is 17.9 Å². The minimum Gasteiger partial charge on any atom is -0.341 e. The van der Waals surface area contributed by atoms with Crippen LogP contribution in [-0.2, 0) is 0 Å². The standard InChI is InChI=1S/C13H16N4/c1-2-6-15-11(3-1)13-16-9-12(17-13)10-4-7-14-8-5-10/h4-5,7-9,11,15H,1-3,6H2,(H,16,17). The van der Waals surface area contributed by atoms with Gasteiger partial charge in [-0.3, -0.25) is 4.98 Å². The number of hydrogen-bond acceptors (Lipinski definition) is 3. The number of aromatic amines is 1. The van der Waals surface area contributed by atoms with Crippen LogP contribution in [0.25, 0.3) is 11.3 Å². The summed E-state index contributed by atoms with van der Waals surface area (Å²) >= 11 is 0. The van der Waals surface area contributed by atoms with E-state index in [9.17, 15) is 0 Å². The van der Waals surface area contributed by atoms with Crippen LogP contribution in [0.15, 0.2) is 30.7 Å². The first-order chi connectivity index (χ1) is 8.43. The van der Waals surface area contributed by atoms with E-state index in [-0.39, 0.29) is 0 Å². The molecule has 0 amide bonds. The molecule has 0 aromatic carbocycles. The van der Waals surface area contributed by atoms with Gasteiger partial charge in [0.1, 0.15) is 5.82 Å². The van der Waals surface area contributed by atoms with Crippen molar-refractivity contribution >= 4 is 0 Å². The van der Waals surface area contributed by atoms with E-state index in [1.807, 2.05) is 18.3 Å². The van der Waals surface area contributed by atoms with Crippen LogP contribution in [0.5, 0.6) is 0 Å². The van der Waals surface area contributed by atoms with Crippen molar-refractivity contribution in [3.8, 4) is 11.3 Å². The highest BCUT2D eigenvalue weighted by atomic mass is 15.0. The smallest absolute Gasteiger partial charge is 0.123 e. The monoisotopic (exact) mass is 228 g/mol. The third-order valence-electron chi connectivity index (χ3n) is 3.23. The zero-order valence-corrected chi connectivity index (χ0v) is 9.69. The summed E-state index contributed by atoms with van der Waals surface area (Å²) in [6, 6.07) is 4.37. The second-order valence-corrected chi connectivity index (χ2v) is 4.42. The van der Waals surface area contributed by atoms with Crippen LogP contribution < -0.4 is 5.32 Å². The molecule has 1 unspecified atom stereocenters. The predicted octanol–water partition coefficient (Wildman–Crippen LogP) is 2.29. The molecule has 4 heteroatoms. The Hall–Kier alpha value is -1.68. The van der Waals surface area contributed by atoms with E-state index in [1.165, 1.54) is 19.3 Å². The molecule has 2 N–H and O–H groups in total. The Kier molecular flexibility index (Phi) is 2.88. The van der Waals surface area contributed by atoms with Gasteiger partial charge in [-0.05, 0) is 31.5 Å². The van der Waals surface area contributed by atoms with Crippen LogP contribution in [-0.4, -0.2) is 21.5 Å². The van der Waals surface area contributed by atoms with Gasteiger partial charge in [-0.25, -0.2) is 4.98 Å².